The second kappa shape index (κ2) is 8.48. The molecule has 1 rings (SSSR count). The highest BCUT2D eigenvalue weighted by atomic mass is 16.3. The molecular weight excluding hydrogens is 164 g/mol. The molecule has 0 aromatic heterocycles. The summed E-state index contributed by atoms with van der Waals surface area (Å²) in [4.78, 5) is 2.33. The van der Waals surface area contributed by atoms with Gasteiger partial charge in [0.15, 0.2) is 0 Å². The SMILES string of the molecule is CC.CN1CCCC(NCCO)C1. The van der Waals surface area contributed by atoms with E-state index in [0.29, 0.717) is 6.04 Å². The molecule has 1 fully saturated rings. The van der Waals surface area contributed by atoms with Gasteiger partial charge >= 0.3 is 0 Å². The lowest BCUT2D eigenvalue weighted by atomic mass is 10.1. The molecule has 0 spiro atoms. The monoisotopic (exact) mass is 188 g/mol. The van der Waals surface area contributed by atoms with Gasteiger partial charge in [-0.15, -0.1) is 0 Å². The van der Waals surface area contributed by atoms with E-state index in [1.165, 1.54) is 19.4 Å². The van der Waals surface area contributed by atoms with Gasteiger partial charge in [0.1, 0.15) is 0 Å². The normalized spacial score (nSPS) is 23.5. The van der Waals surface area contributed by atoms with Crippen LogP contribution in [0.5, 0.6) is 0 Å². The highest BCUT2D eigenvalue weighted by Gasteiger charge is 2.15. The van der Waals surface area contributed by atoms with Gasteiger partial charge in [0.05, 0.1) is 6.61 Å². The number of hydrogen-bond donors (Lipinski definition) is 2. The molecule has 13 heavy (non-hydrogen) atoms. The molecule has 1 heterocycles. The average Bonchev–Trinajstić information content (AvgIpc) is 2.18. The van der Waals surface area contributed by atoms with E-state index in [2.05, 4.69) is 17.3 Å². The first-order valence-corrected chi connectivity index (χ1v) is 5.35. The zero-order valence-electron chi connectivity index (χ0n) is 9.21. The summed E-state index contributed by atoms with van der Waals surface area (Å²) in [7, 11) is 2.15. The smallest absolute Gasteiger partial charge is 0.0556 e. The lowest BCUT2D eigenvalue weighted by Crippen LogP contribution is -2.44. The zero-order valence-corrected chi connectivity index (χ0v) is 9.21. The summed E-state index contributed by atoms with van der Waals surface area (Å²) in [5.41, 5.74) is 0. The Bertz CT molecular complexity index is 109. The van der Waals surface area contributed by atoms with E-state index >= 15 is 0 Å². The van der Waals surface area contributed by atoms with Crippen molar-refractivity contribution in [2.24, 2.45) is 0 Å². The fraction of sp³-hybridized carbons (Fsp3) is 1.00. The highest BCUT2D eigenvalue weighted by Crippen LogP contribution is 2.06. The van der Waals surface area contributed by atoms with Crippen molar-refractivity contribution >= 4 is 0 Å². The average molecular weight is 188 g/mol. The van der Waals surface area contributed by atoms with E-state index in [9.17, 15) is 0 Å². The van der Waals surface area contributed by atoms with Gasteiger partial charge in [0.2, 0.25) is 0 Å². The second-order valence-corrected chi connectivity index (χ2v) is 3.28. The van der Waals surface area contributed by atoms with Gasteiger partial charge in [0.25, 0.3) is 0 Å². The van der Waals surface area contributed by atoms with Crippen molar-refractivity contribution in [2.75, 3.05) is 33.3 Å². The Morgan fingerprint density at radius 2 is 2.15 bits per heavy atom. The first kappa shape index (κ1) is 12.9. The van der Waals surface area contributed by atoms with Gasteiger partial charge in [-0.2, -0.15) is 0 Å². The van der Waals surface area contributed by atoms with E-state index in [4.69, 9.17) is 5.11 Å². The molecule has 2 N–H and O–H groups in total. The van der Waals surface area contributed by atoms with Gasteiger partial charge in [0, 0.05) is 19.1 Å². The van der Waals surface area contributed by atoms with Gasteiger partial charge in [-0.25, -0.2) is 0 Å². The third-order valence-electron chi connectivity index (χ3n) is 2.17. The van der Waals surface area contributed by atoms with Crippen LogP contribution in [0, 0.1) is 0 Å². The van der Waals surface area contributed by atoms with Crippen LogP contribution in [0.4, 0.5) is 0 Å². The predicted octanol–water partition coefficient (Wildman–Crippen LogP) is 0.689. The van der Waals surface area contributed by atoms with E-state index in [1.54, 1.807) is 0 Å². The number of rotatable bonds is 3. The molecule has 1 atom stereocenters. The minimum absolute atomic E-state index is 0.250. The number of aliphatic hydroxyl groups is 1. The van der Waals surface area contributed by atoms with Crippen molar-refractivity contribution in [1.29, 1.82) is 0 Å². The second-order valence-electron chi connectivity index (χ2n) is 3.28. The molecule has 0 bridgehead atoms. The van der Waals surface area contributed by atoms with Crippen LogP contribution in [0.3, 0.4) is 0 Å². The summed E-state index contributed by atoms with van der Waals surface area (Å²) in [6.07, 6.45) is 2.53. The lowest BCUT2D eigenvalue weighted by Gasteiger charge is -2.30. The summed E-state index contributed by atoms with van der Waals surface area (Å²) < 4.78 is 0. The maximum absolute atomic E-state index is 8.59. The summed E-state index contributed by atoms with van der Waals surface area (Å²) in [6.45, 7) is 7.33. The van der Waals surface area contributed by atoms with Crippen molar-refractivity contribution in [3.8, 4) is 0 Å². The first-order chi connectivity index (χ1) is 6.33. The highest BCUT2D eigenvalue weighted by molar-refractivity contribution is 4.75. The number of piperidine rings is 1. The molecule has 1 aliphatic rings. The summed E-state index contributed by atoms with van der Waals surface area (Å²) in [6, 6.07) is 0.598. The van der Waals surface area contributed by atoms with Crippen LogP contribution in [0.25, 0.3) is 0 Å². The number of nitrogens with one attached hydrogen (secondary N) is 1. The molecule has 0 aliphatic carbocycles. The predicted molar refractivity (Wildman–Crippen MR) is 57.0 cm³/mol. The van der Waals surface area contributed by atoms with Gasteiger partial charge in [-0.3, -0.25) is 0 Å². The minimum atomic E-state index is 0.250. The molecule has 80 valence electrons. The molecule has 0 saturated carbocycles. The molecule has 1 aliphatic heterocycles. The Morgan fingerprint density at radius 1 is 1.46 bits per heavy atom. The molecule has 3 nitrogen and oxygen atoms in total. The molecule has 1 unspecified atom stereocenters. The molecule has 3 heteroatoms. The van der Waals surface area contributed by atoms with Crippen LogP contribution in [0.15, 0.2) is 0 Å². The topological polar surface area (TPSA) is 35.5 Å². The summed E-state index contributed by atoms with van der Waals surface area (Å²) in [5.74, 6) is 0. The number of likely N-dealkylation sites (N-methyl/N-ethyl adjacent to an activating group) is 1. The molecule has 0 aromatic carbocycles. The van der Waals surface area contributed by atoms with Crippen molar-refractivity contribution in [2.45, 2.75) is 32.7 Å². The van der Waals surface area contributed by atoms with Crippen LogP contribution < -0.4 is 5.32 Å². The van der Waals surface area contributed by atoms with Crippen LogP contribution in [0.1, 0.15) is 26.7 Å². The Hall–Kier alpha value is -0.120. The fourth-order valence-electron chi connectivity index (χ4n) is 1.60. The number of nitrogens with zero attached hydrogens (tertiary/aromatic N) is 1. The molecular formula is C10H24N2O. The molecule has 0 radical (unpaired) electrons. The van der Waals surface area contributed by atoms with Crippen molar-refractivity contribution in [3.63, 3.8) is 0 Å². The van der Waals surface area contributed by atoms with E-state index in [0.717, 1.165) is 13.1 Å². The Balaban J connectivity index is 0.000000671. The van der Waals surface area contributed by atoms with Crippen LogP contribution in [0.2, 0.25) is 0 Å². The maximum Gasteiger partial charge on any atom is 0.0556 e. The van der Waals surface area contributed by atoms with E-state index in [-0.39, 0.29) is 6.61 Å². The molecule has 1 saturated heterocycles. The van der Waals surface area contributed by atoms with Crippen molar-refractivity contribution in [3.05, 3.63) is 0 Å². The van der Waals surface area contributed by atoms with Gasteiger partial charge in [-0.05, 0) is 26.4 Å². The van der Waals surface area contributed by atoms with Crippen LogP contribution >= 0.6 is 0 Å². The van der Waals surface area contributed by atoms with Crippen molar-refractivity contribution < 1.29 is 5.11 Å². The summed E-state index contributed by atoms with van der Waals surface area (Å²) >= 11 is 0. The molecule has 0 aromatic rings. The van der Waals surface area contributed by atoms with Crippen LogP contribution in [-0.2, 0) is 0 Å². The number of likely N-dealkylation sites (tertiary alicyclic amines) is 1. The van der Waals surface area contributed by atoms with Crippen LogP contribution in [-0.4, -0.2) is 49.3 Å². The molecule has 0 amide bonds. The van der Waals surface area contributed by atoms with Gasteiger partial charge < -0.3 is 15.3 Å². The zero-order chi connectivity index (χ0) is 10.1. The fourth-order valence-corrected chi connectivity index (χ4v) is 1.60. The largest absolute Gasteiger partial charge is 0.395 e. The van der Waals surface area contributed by atoms with Crippen molar-refractivity contribution in [1.82, 2.24) is 10.2 Å². The Kier molecular flexibility index (Phi) is 8.40. The third-order valence-corrected chi connectivity index (χ3v) is 2.17. The third kappa shape index (κ3) is 6.02. The van der Waals surface area contributed by atoms with Gasteiger partial charge in [-0.1, -0.05) is 13.8 Å². The summed E-state index contributed by atoms with van der Waals surface area (Å²) in [5, 5.41) is 11.9. The standard InChI is InChI=1S/C8H18N2O.C2H6/c1-10-5-2-3-8(7-10)9-4-6-11;1-2/h8-9,11H,2-7H2,1H3;1-2H3. The van der Waals surface area contributed by atoms with E-state index < -0.39 is 0 Å². The maximum atomic E-state index is 8.59. The Labute approximate surface area is 82.1 Å². The lowest BCUT2D eigenvalue weighted by molar-refractivity contribution is 0.213. The number of hydrogen-bond acceptors (Lipinski definition) is 3. The Morgan fingerprint density at radius 3 is 2.69 bits per heavy atom. The first-order valence-electron chi connectivity index (χ1n) is 5.35. The number of aliphatic hydroxyl groups excluding tert-OH is 1. The quantitative estimate of drug-likeness (QED) is 0.684. The minimum Gasteiger partial charge on any atom is -0.395 e. The van der Waals surface area contributed by atoms with E-state index in [1.807, 2.05) is 13.8 Å².